The van der Waals surface area contributed by atoms with Crippen molar-refractivity contribution in [3.05, 3.63) is 39.7 Å². The lowest BCUT2D eigenvalue weighted by molar-refractivity contribution is -0.387. The van der Waals surface area contributed by atoms with Crippen molar-refractivity contribution in [2.24, 2.45) is 0 Å². The van der Waals surface area contributed by atoms with Crippen molar-refractivity contribution in [1.82, 2.24) is 0 Å². The highest BCUT2D eigenvalue weighted by atomic mass is 19.1. The molecule has 0 aliphatic rings. The highest BCUT2D eigenvalue weighted by Gasteiger charge is 2.15. The summed E-state index contributed by atoms with van der Waals surface area (Å²) in [4.78, 5) is 9.46. The second-order valence-electron chi connectivity index (χ2n) is 2.64. The minimum Gasteiger partial charge on any atom is -0.389 e. The van der Waals surface area contributed by atoms with Gasteiger partial charge in [0, 0.05) is 6.07 Å². The summed E-state index contributed by atoms with van der Waals surface area (Å²) in [6.07, 6.45) is -0.834. The third kappa shape index (κ3) is 2.00. The molecule has 1 aromatic carbocycles. The molecule has 1 aromatic rings. The Bertz CT molecular complexity index is 338. The van der Waals surface area contributed by atoms with Crippen LogP contribution < -0.4 is 0 Å². The van der Waals surface area contributed by atoms with Gasteiger partial charge in [-0.15, -0.1) is 0 Å². The summed E-state index contributed by atoms with van der Waals surface area (Å²) in [5.41, 5.74) is -0.286. The Morgan fingerprint density at radius 1 is 1.62 bits per heavy atom. The molecule has 0 fully saturated rings. The SMILES string of the molecule is C[C@H](O)c1ccc(F)c([N+](=O)[O-])c1. The molecule has 1 rings (SSSR count). The fourth-order valence-electron chi connectivity index (χ4n) is 0.929. The van der Waals surface area contributed by atoms with E-state index in [1.54, 1.807) is 0 Å². The summed E-state index contributed by atoms with van der Waals surface area (Å²) < 4.78 is 12.8. The number of halogens is 1. The van der Waals surface area contributed by atoms with Crippen LogP contribution in [0.2, 0.25) is 0 Å². The normalized spacial score (nSPS) is 12.5. The average molecular weight is 185 g/mol. The van der Waals surface area contributed by atoms with Crippen molar-refractivity contribution in [3.63, 3.8) is 0 Å². The predicted octanol–water partition coefficient (Wildman–Crippen LogP) is 1.79. The third-order valence-corrected chi connectivity index (χ3v) is 1.65. The van der Waals surface area contributed by atoms with Gasteiger partial charge < -0.3 is 5.11 Å². The summed E-state index contributed by atoms with van der Waals surface area (Å²) in [7, 11) is 0. The van der Waals surface area contributed by atoms with Gasteiger partial charge in [0.05, 0.1) is 11.0 Å². The van der Waals surface area contributed by atoms with E-state index in [-0.39, 0.29) is 0 Å². The summed E-state index contributed by atoms with van der Waals surface area (Å²) in [6, 6.07) is 3.31. The lowest BCUT2D eigenvalue weighted by atomic mass is 10.1. The van der Waals surface area contributed by atoms with Gasteiger partial charge in [0.15, 0.2) is 0 Å². The summed E-state index contributed by atoms with van der Waals surface area (Å²) in [5, 5.41) is 19.4. The van der Waals surface area contributed by atoms with Crippen LogP contribution in [0.1, 0.15) is 18.6 Å². The molecule has 0 bridgehead atoms. The molecular formula is C8H8FNO3. The minimum absolute atomic E-state index is 0.327. The van der Waals surface area contributed by atoms with Crippen LogP contribution >= 0.6 is 0 Å². The van der Waals surface area contributed by atoms with Gasteiger partial charge in [-0.3, -0.25) is 10.1 Å². The van der Waals surface area contributed by atoms with Crippen LogP contribution in [0.25, 0.3) is 0 Å². The highest BCUT2D eigenvalue weighted by molar-refractivity contribution is 5.36. The number of hydrogen-bond acceptors (Lipinski definition) is 3. The number of aliphatic hydroxyl groups is 1. The molecule has 0 unspecified atom stereocenters. The maximum Gasteiger partial charge on any atom is 0.305 e. The maximum absolute atomic E-state index is 12.8. The molecular weight excluding hydrogens is 177 g/mol. The summed E-state index contributed by atoms with van der Waals surface area (Å²) >= 11 is 0. The van der Waals surface area contributed by atoms with Gasteiger partial charge in [-0.25, -0.2) is 0 Å². The average Bonchev–Trinajstić information content (AvgIpc) is 2.04. The molecule has 0 amide bonds. The zero-order valence-electron chi connectivity index (χ0n) is 6.90. The smallest absolute Gasteiger partial charge is 0.305 e. The molecule has 0 aromatic heterocycles. The van der Waals surface area contributed by atoms with Crippen LogP contribution in [-0.4, -0.2) is 10.0 Å². The molecule has 1 N–H and O–H groups in total. The van der Waals surface area contributed by atoms with Crippen molar-refractivity contribution in [2.75, 3.05) is 0 Å². The molecule has 0 aliphatic heterocycles. The first-order valence-electron chi connectivity index (χ1n) is 3.64. The fourth-order valence-corrected chi connectivity index (χ4v) is 0.929. The van der Waals surface area contributed by atoms with Crippen molar-refractivity contribution < 1.29 is 14.4 Å². The van der Waals surface area contributed by atoms with Crippen LogP contribution in [0.5, 0.6) is 0 Å². The van der Waals surface area contributed by atoms with E-state index < -0.39 is 22.5 Å². The molecule has 0 radical (unpaired) electrons. The minimum atomic E-state index is -0.894. The Morgan fingerprint density at radius 3 is 2.69 bits per heavy atom. The molecule has 1 atom stereocenters. The van der Waals surface area contributed by atoms with Crippen LogP contribution in [0.4, 0.5) is 10.1 Å². The van der Waals surface area contributed by atoms with E-state index in [1.807, 2.05) is 0 Å². The van der Waals surface area contributed by atoms with Crippen LogP contribution in [0.15, 0.2) is 18.2 Å². The van der Waals surface area contributed by atoms with Gasteiger partial charge in [-0.05, 0) is 18.6 Å². The van der Waals surface area contributed by atoms with Crippen LogP contribution in [0.3, 0.4) is 0 Å². The number of benzene rings is 1. The molecule has 70 valence electrons. The lowest BCUT2D eigenvalue weighted by Crippen LogP contribution is -1.96. The Morgan fingerprint density at radius 2 is 2.23 bits per heavy atom. The van der Waals surface area contributed by atoms with E-state index in [9.17, 15) is 14.5 Å². The molecule has 13 heavy (non-hydrogen) atoms. The van der Waals surface area contributed by atoms with E-state index in [0.717, 1.165) is 12.1 Å². The largest absolute Gasteiger partial charge is 0.389 e. The highest BCUT2D eigenvalue weighted by Crippen LogP contribution is 2.22. The van der Waals surface area contributed by atoms with E-state index in [1.165, 1.54) is 13.0 Å². The van der Waals surface area contributed by atoms with E-state index >= 15 is 0 Å². The standard InChI is InChI=1S/C8H8FNO3/c1-5(11)6-2-3-7(9)8(4-6)10(12)13/h2-5,11H,1H3/t5-/m0/s1. The Balaban J connectivity index is 3.19. The van der Waals surface area contributed by atoms with Gasteiger partial charge in [0.2, 0.25) is 5.82 Å². The molecule has 0 aliphatic carbocycles. The van der Waals surface area contributed by atoms with E-state index in [2.05, 4.69) is 0 Å². The van der Waals surface area contributed by atoms with E-state index in [4.69, 9.17) is 5.11 Å². The van der Waals surface area contributed by atoms with Crippen molar-refractivity contribution in [2.45, 2.75) is 13.0 Å². The summed E-state index contributed by atoms with van der Waals surface area (Å²) in [6.45, 7) is 1.46. The molecule has 4 nitrogen and oxygen atoms in total. The van der Waals surface area contributed by atoms with Gasteiger partial charge >= 0.3 is 5.69 Å². The van der Waals surface area contributed by atoms with Crippen molar-refractivity contribution in [1.29, 1.82) is 0 Å². The topological polar surface area (TPSA) is 63.4 Å². The number of rotatable bonds is 2. The first-order chi connectivity index (χ1) is 6.02. The zero-order valence-corrected chi connectivity index (χ0v) is 6.90. The second-order valence-corrected chi connectivity index (χ2v) is 2.64. The van der Waals surface area contributed by atoms with Gasteiger partial charge in [-0.1, -0.05) is 6.07 Å². The molecule has 5 heteroatoms. The number of nitro benzene ring substituents is 1. The maximum atomic E-state index is 12.8. The zero-order chi connectivity index (χ0) is 10.0. The Hall–Kier alpha value is -1.49. The molecule has 0 saturated heterocycles. The predicted molar refractivity (Wildman–Crippen MR) is 43.7 cm³/mol. The first kappa shape index (κ1) is 9.60. The van der Waals surface area contributed by atoms with Gasteiger partial charge in [0.25, 0.3) is 0 Å². The number of aliphatic hydroxyl groups excluding tert-OH is 1. The quantitative estimate of drug-likeness (QED) is 0.564. The summed E-state index contributed by atoms with van der Waals surface area (Å²) in [5.74, 6) is -0.894. The number of hydrogen-bond donors (Lipinski definition) is 1. The van der Waals surface area contributed by atoms with Crippen LogP contribution in [-0.2, 0) is 0 Å². The molecule has 0 saturated carbocycles. The van der Waals surface area contributed by atoms with Crippen LogP contribution in [0, 0.1) is 15.9 Å². The molecule has 0 spiro atoms. The molecule has 0 heterocycles. The second kappa shape index (κ2) is 3.49. The Labute approximate surface area is 73.8 Å². The number of nitrogens with zero attached hydrogens (tertiary/aromatic N) is 1. The monoisotopic (exact) mass is 185 g/mol. The van der Waals surface area contributed by atoms with Gasteiger partial charge in [0.1, 0.15) is 0 Å². The number of nitro groups is 1. The Kier molecular flexibility index (Phi) is 2.57. The lowest BCUT2D eigenvalue weighted by Gasteiger charge is -2.03. The van der Waals surface area contributed by atoms with Crippen molar-refractivity contribution >= 4 is 5.69 Å². The van der Waals surface area contributed by atoms with Crippen molar-refractivity contribution in [3.8, 4) is 0 Å². The van der Waals surface area contributed by atoms with Gasteiger partial charge in [-0.2, -0.15) is 4.39 Å². The van der Waals surface area contributed by atoms with E-state index in [0.29, 0.717) is 5.56 Å². The fraction of sp³-hybridized carbons (Fsp3) is 0.250. The first-order valence-corrected chi connectivity index (χ1v) is 3.64. The third-order valence-electron chi connectivity index (χ3n) is 1.65.